The van der Waals surface area contributed by atoms with Gasteiger partial charge in [0.2, 0.25) is 0 Å². The predicted molar refractivity (Wildman–Crippen MR) is 175 cm³/mol. The average molecular weight is 639 g/mol. The van der Waals surface area contributed by atoms with Gasteiger partial charge in [-0.05, 0) is 119 Å². The summed E-state index contributed by atoms with van der Waals surface area (Å²) < 4.78 is 20.1. The van der Waals surface area contributed by atoms with E-state index in [4.69, 9.17) is 14.2 Å². The first-order chi connectivity index (χ1) is 21.5. The normalized spacial score (nSPS) is 44.0. The summed E-state index contributed by atoms with van der Waals surface area (Å²) in [6.45, 7) is 21.2. The van der Waals surface area contributed by atoms with Crippen LogP contribution < -0.4 is 0 Å². The van der Waals surface area contributed by atoms with Crippen LogP contribution in [-0.4, -0.2) is 58.1 Å². The molecule has 4 aliphatic carbocycles. The second kappa shape index (κ2) is 11.5. The van der Waals surface area contributed by atoms with E-state index in [9.17, 15) is 14.7 Å². The topological polar surface area (TPSA) is 99.9 Å². The minimum absolute atomic E-state index is 0.0348. The molecule has 1 aromatic rings. The van der Waals surface area contributed by atoms with Crippen LogP contribution in [0.4, 0.5) is 0 Å². The lowest BCUT2D eigenvalue weighted by Crippen LogP contribution is -2.69. The van der Waals surface area contributed by atoms with Gasteiger partial charge in [-0.25, -0.2) is 4.98 Å². The van der Waals surface area contributed by atoms with Crippen LogP contribution >= 0.6 is 0 Å². The summed E-state index contributed by atoms with van der Waals surface area (Å²) in [7, 11) is 1.44. The van der Waals surface area contributed by atoms with Crippen molar-refractivity contribution in [3.05, 3.63) is 30.4 Å². The van der Waals surface area contributed by atoms with Crippen LogP contribution in [0.5, 0.6) is 0 Å². The van der Waals surface area contributed by atoms with E-state index in [1.165, 1.54) is 7.11 Å². The molecule has 1 N–H and O–H groups in total. The van der Waals surface area contributed by atoms with Gasteiger partial charge in [0, 0.05) is 18.2 Å². The SMILES string of the molecule is C=C(C)[C@@H]1CC[C@]2(C(=O)OCCCn3cnc(C)c3)CC[C@]3(C)[C@H](C[C@@H](O)[C@@H]4[C@@]5(C)C(CC(=O)OC)OC(C)(C)C5CC[C@]43C)[C@@H]12. The van der Waals surface area contributed by atoms with Crippen LogP contribution in [0.3, 0.4) is 0 Å². The highest BCUT2D eigenvalue weighted by molar-refractivity contribution is 5.78. The molecule has 0 bridgehead atoms. The largest absolute Gasteiger partial charge is 0.469 e. The third-order valence-corrected chi connectivity index (χ3v) is 14.7. The summed E-state index contributed by atoms with van der Waals surface area (Å²) in [6.07, 6.45) is 10.0. The lowest BCUT2D eigenvalue weighted by Gasteiger charge is -2.71. The van der Waals surface area contributed by atoms with Gasteiger partial charge in [-0.1, -0.05) is 32.9 Å². The van der Waals surface area contributed by atoms with Crippen molar-refractivity contribution < 1.29 is 28.9 Å². The number of aryl methyl sites for hydroxylation is 2. The number of fused-ring (bicyclic) bond motifs is 7. The van der Waals surface area contributed by atoms with E-state index in [0.717, 1.165) is 62.8 Å². The molecule has 0 spiro atoms. The van der Waals surface area contributed by atoms with Crippen molar-refractivity contribution in [1.29, 1.82) is 0 Å². The van der Waals surface area contributed by atoms with Crippen molar-refractivity contribution in [2.24, 2.45) is 51.2 Å². The molecule has 46 heavy (non-hydrogen) atoms. The molecule has 1 aliphatic heterocycles. The van der Waals surface area contributed by atoms with Crippen molar-refractivity contribution in [2.45, 2.75) is 131 Å². The number of carbonyl (C=O) groups excluding carboxylic acids is 2. The monoisotopic (exact) mass is 638 g/mol. The van der Waals surface area contributed by atoms with Crippen molar-refractivity contribution >= 4 is 11.9 Å². The van der Waals surface area contributed by atoms with E-state index in [0.29, 0.717) is 13.0 Å². The number of nitrogens with zero attached hydrogens (tertiary/aromatic N) is 2. The molecule has 6 rings (SSSR count). The molecular formula is C38H58N2O6. The zero-order valence-electron chi connectivity index (χ0n) is 29.6. The molecule has 2 heterocycles. The van der Waals surface area contributed by atoms with E-state index >= 15 is 0 Å². The molecule has 4 saturated carbocycles. The maximum Gasteiger partial charge on any atom is 0.312 e. The van der Waals surface area contributed by atoms with E-state index < -0.39 is 17.1 Å². The van der Waals surface area contributed by atoms with Crippen molar-refractivity contribution in [1.82, 2.24) is 9.55 Å². The molecule has 0 aromatic carbocycles. The van der Waals surface area contributed by atoms with Gasteiger partial charge in [0.25, 0.3) is 0 Å². The van der Waals surface area contributed by atoms with Gasteiger partial charge in [-0.15, -0.1) is 0 Å². The molecule has 1 saturated heterocycles. The molecule has 8 nitrogen and oxygen atoms in total. The first-order valence-electron chi connectivity index (χ1n) is 17.8. The van der Waals surface area contributed by atoms with E-state index in [-0.39, 0.29) is 70.3 Å². The maximum atomic E-state index is 14.3. The summed E-state index contributed by atoms with van der Waals surface area (Å²) in [5.74, 6) is 0.359. The number of rotatable bonds is 8. The third-order valence-electron chi connectivity index (χ3n) is 14.7. The Balaban J connectivity index is 1.31. The third kappa shape index (κ3) is 4.77. The first-order valence-corrected chi connectivity index (χ1v) is 17.8. The Labute approximate surface area is 276 Å². The summed E-state index contributed by atoms with van der Waals surface area (Å²) in [6, 6.07) is 0. The minimum Gasteiger partial charge on any atom is -0.469 e. The maximum absolute atomic E-state index is 14.3. The van der Waals surface area contributed by atoms with E-state index in [2.05, 4.69) is 53.1 Å². The number of carbonyl (C=O) groups is 2. The molecule has 1 aromatic heterocycles. The summed E-state index contributed by atoms with van der Waals surface area (Å²) in [4.78, 5) is 31.2. The van der Waals surface area contributed by atoms with Crippen LogP contribution in [0.15, 0.2) is 24.7 Å². The summed E-state index contributed by atoms with van der Waals surface area (Å²) >= 11 is 0. The van der Waals surface area contributed by atoms with Crippen LogP contribution in [0.1, 0.15) is 105 Å². The molecule has 8 heteroatoms. The van der Waals surface area contributed by atoms with Gasteiger partial charge in [0.05, 0.1) is 55.4 Å². The van der Waals surface area contributed by atoms with Gasteiger partial charge < -0.3 is 23.9 Å². The molecule has 5 fully saturated rings. The van der Waals surface area contributed by atoms with Crippen LogP contribution in [0.2, 0.25) is 0 Å². The first kappa shape index (κ1) is 33.7. The van der Waals surface area contributed by atoms with Gasteiger partial charge >= 0.3 is 11.9 Å². The van der Waals surface area contributed by atoms with E-state index in [1.54, 1.807) is 0 Å². The van der Waals surface area contributed by atoms with E-state index in [1.807, 2.05) is 24.0 Å². The van der Waals surface area contributed by atoms with Crippen molar-refractivity contribution in [3.8, 4) is 0 Å². The predicted octanol–water partition coefficient (Wildman–Crippen LogP) is 6.67. The summed E-state index contributed by atoms with van der Waals surface area (Å²) in [5.41, 5.74) is 0.500. The number of methoxy groups -OCH3 is 1. The number of aromatic nitrogens is 2. The van der Waals surface area contributed by atoms with Gasteiger partial charge in [0.15, 0.2) is 0 Å². The van der Waals surface area contributed by atoms with Gasteiger partial charge in [0.1, 0.15) is 0 Å². The fraction of sp³-hybridized carbons (Fsp3) is 0.816. The number of hydrogen-bond acceptors (Lipinski definition) is 7. The highest BCUT2D eigenvalue weighted by atomic mass is 16.5. The fourth-order valence-corrected chi connectivity index (χ4v) is 12.6. The van der Waals surface area contributed by atoms with Crippen LogP contribution in [-0.2, 0) is 30.3 Å². The highest BCUT2D eigenvalue weighted by Crippen LogP contribution is 2.77. The number of hydrogen-bond donors (Lipinski definition) is 1. The lowest BCUT2D eigenvalue weighted by atomic mass is 9.33. The second-order valence-electron chi connectivity index (χ2n) is 17.1. The Hall–Kier alpha value is -2.19. The Morgan fingerprint density at radius 1 is 1.11 bits per heavy atom. The molecule has 256 valence electrons. The Morgan fingerprint density at radius 2 is 1.85 bits per heavy atom. The number of imidazole rings is 1. The molecule has 0 amide bonds. The number of allylic oxidation sites excluding steroid dienone is 1. The smallest absolute Gasteiger partial charge is 0.312 e. The Kier molecular flexibility index (Phi) is 8.40. The van der Waals surface area contributed by atoms with Gasteiger partial charge in [-0.2, -0.15) is 0 Å². The zero-order chi connectivity index (χ0) is 33.4. The zero-order valence-corrected chi connectivity index (χ0v) is 29.6. The standard InChI is InChI=1S/C38H58N2O6/c1-23(2)25-11-14-38(33(43)45-18-10-17-40-21-24(3)39-22-40)16-15-35(6)26(31(25)38)19-27(41)32-36(35,7)13-12-28-34(4,5)46-29(37(28,32)8)20-30(42)44-9/h21-22,25-29,31-32,41H,1,10-20H2,2-9H3/t25-,26+,27+,28?,29?,31+,32-,35+,36+,37+,38-/m0/s1. The molecule has 11 atom stereocenters. The van der Waals surface area contributed by atoms with Gasteiger partial charge in [-0.3, -0.25) is 9.59 Å². The molecular weight excluding hydrogens is 580 g/mol. The van der Waals surface area contributed by atoms with Crippen LogP contribution in [0, 0.1) is 58.2 Å². The molecule has 0 radical (unpaired) electrons. The number of aliphatic hydroxyl groups excluding tert-OH is 1. The number of ether oxygens (including phenoxy) is 3. The molecule has 5 aliphatic rings. The second-order valence-corrected chi connectivity index (χ2v) is 17.1. The Morgan fingerprint density at radius 3 is 2.50 bits per heavy atom. The lowest BCUT2D eigenvalue weighted by molar-refractivity contribution is -0.255. The minimum atomic E-state index is -0.564. The average Bonchev–Trinajstić information content (AvgIpc) is 3.64. The fourth-order valence-electron chi connectivity index (χ4n) is 12.6. The summed E-state index contributed by atoms with van der Waals surface area (Å²) in [5, 5.41) is 12.4. The number of aliphatic hydroxyl groups is 1. The van der Waals surface area contributed by atoms with Crippen molar-refractivity contribution in [3.63, 3.8) is 0 Å². The van der Waals surface area contributed by atoms with Crippen LogP contribution in [0.25, 0.3) is 0 Å². The van der Waals surface area contributed by atoms with Crippen molar-refractivity contribution in [2.75, 3.05) is 13.7 Å². The quantitative estimate of drug-likeness (QED) is 0.193. The Bertz CT molecular complexity index is 1370. The highest BCUT2D eigenvalue weighted by Gasteiger charge is 2.76. The molecule has 2 unspecified atom stereocenters. The number of esters is 2.